The average Bonchev–Trinajstić information content (AvgIpc) is 3.26. The van der Waals surface area contributed by atoms with Gasteiger partial charge in [0.15, 0.2) is 5.96 Å². The quantitative estimate of drug-likeness (QED) is 0.230. The number of aliphatic imine (C=N–C) groups is 1. The predicted molar refractivity (Wildman–Crippen MR) is 129 cm³/mol. The molecule has 32 heavy (non-hydrogen) atoms. The summed E-state index contributed by atoms with van der Waals surface area (Å²) in [6.45, 7) is 5.17. The number of halogens is 4. The van der Waals surface area contributed by atoms with Crippen molar-refractivity contribution in [3.8, 4) is 5.75 Å². The highest BCUT2D eigenvalue weighted by molar-refractivity contribution is 14.0. The Kier molecular flexibility index (Phi) is 9.79. The maximum Gasteiger partial charge on any atom is 0.433 e. The first-order valence-corrected chi connectivity index (χ1v) is 10.2. The Morgan fingerprint density at radius 2 is 2.00 bits per heavy atom. The van der Waals surface area contributed by atoms with Gasteiger partial charge in [-0.1, -0.05) is 12.1 Å². The Labute approximate surface area is 202 Å². The van der Waals surface area contributed by atoms with Crippen molar-refractivity contribution in [1.29, 1.82) is 0 Å². The van der Waals surface area contributed by atoms with Crippen molar-refractivity contribution < 1.29 is 17.9 Å². The van der Waals surface area contributed by atoms with Gasteiger partial charge in [-0.2, -0.15) is 13.2 Å². The number of alkyl halides is 3. The van der Waals surface area contributed by atoms with Crippen LogP contribution in [-0.4, -0.2) is 60.7 Å². The van der Waals surface area contributed by atoms with E-state index < -0.39 is 11.9 Å². The maximum absolute atomic E-state index is 12.8. The summed E-state index contributed by atoms with van der Waals surface area (Å²) in [6, 6.07) is 8.98. The first kappa shape index (κ1) is 25.9. The largest absolute Gasteiger partial charge is 0.497 e. The third-order valence-corrected chi connectivity index (χ3v) is 5.01. The van der Waals surface area contributed by atoms with E-state index in [9.17, 15) is 13.2 Å². The summed E-state index contributed by atoms with van der Waals surface area (Å²) >= 11 is 0. The first-order chi connectivity index (χ1) is 14.9. The van der Waals surface area contributed by atoms with Crippen LogP contribution in [0.4, 0.5) is 19.1 Å². The highest BCUT2D eigenvalue weighted by Gasteiger charge is 2.32. The number of ether oxygens (including phenoxy) is 1. The molecule has 1 atom stereocenters. The summed E-state index contributed by atoms with van der Waals surface area (Å²) < 4.78 is 43.5. The van der Waals surface area contributed by atoms with Crippen LogP contribution in [0.3, 0.4) is 0 Å². The second-order valence-corrected chi connectivity index (χ2v) is 7.13. The number of methoxy groups -OCH3 is 1. The fourth-order valence-corrected chi connectivity index (χ4v) is 3.46. The van der Waals surface area contributed by atoms with Crippen molar-refractivity contribution in [1.82, 2.24) is 20.2 Å². The predicted octanol–water partition coefficient (Wildman–Crippen LogP) is 3.99. The van der Waals surface area contributed by atoms with Crippen molar-refractivity contribution in [3.63, 3.8) is 0 Å². The Morgan fingerprint density at radius 1 is 1.25 bits per heavy atom. The summed E-state index contributed by atoms with van der Waals surface area (Å²) in [5.41, 5.74) is 0.297. The van der Waals surface area contributed by atoms with E-state index in [4.69, 9.17) is 4.74 Å². The van der Waals surface area contributed by atoms with Gasteiger partial charge in [0.25, 0.3) is 0 Å². The topological polar surface area (TPSA) is 74.7 Å². The molecule has 1 fully saturated rings. The normalized spacial score (nSPS) is 16.5. The van der Waals surface area contributed by atoms with Crippen molar-refractivity contribution in [2.24, 2.45) is 4.99 Å². The highest BCUT2D eigenvalue weighted by atomic mass is 127. The van der Waals surface area contributed by atoms with Crippen molar-refractivity contribution in [2.45, 2.75) is 25.4 Å². The third-order valence-electron chi connectivity index (χ3n) is 5.01. The Balaban J connectivity index is 0.00000363. The lowest BCUT2D eigenvalue weighted by molar-refractivity contribution is -0.141. The number of rotatable bonds is 7. The smallest absolute Gasteiger partial charge is 0.433 e. The number of guanidine groups is 1. The molecule has 0 radical (unpaired) electrons. The van der Waals surface area contributed by atoms with Gasteiger partial charge in [-0.05, 0) is 37.1 Å². The minimum absolute atomic E-state index is 0. The molecule has 1 unspecified atom stereocenters. The SMILES string of the molecule is CCNC(=NCCNc1nccc(C(F)(F)F)n1)N1CCC(c2ccc(OC)cc2)C1.I. The molecule has 0 saturated carbocycles. The van der Waals surface area contributed by atoms with Gasteiger partial charge in [0, 0.05) is 38.3 Å². The van der Waals surface area contributed by atoms with E-state index in [0.29, 0.717) is 19.0 Å². The average molecular weight is 564 g/mol. The van der Waals surface area contributed by atoms with Crippen LogP contribution in [-0.2, 0) is 6.18 Å². The van der Waals surface area contributed by atoms with Crippen LogP contribution < -0.4 is 15.4 Å². The fourth-order valence-electron chi connectivity index (χ4n) is 3.46. The maximum atomic E-state index is 12.8. The van der Waals surface area contributed by atoms with Crippen LogP contribution in [0.25, 0.3) is 0 Å². The molecule has 7 nitrogen and oxygen atoms in total. The van der Waals surface area contributed by atoms with E-state index in [1.807, 2.05) is 19.1 Å². The van der Waals surface area contributed by atoms with Crippen molar-refractivity contribution >= 4 is 35.9 Å². The van der Waals surface area contributed by atoms with E-state index >= 15 is 0 Å². The van der Waals surface area contributed by atoms with Gasteiger partial charge in [0.05, 0.1) is 13.7 Å². The number of nitrogens with zero attached hydrogens (tertiary/aromatic N) is 4. The summed E-state index contributed by atoms with van der Waals surface area (Å²) in [7, 11) is 1.65. The van der Waals surface area contributed by atoms with Crippen LogP contribution in [0.1, 0.15) is 30.5 Å². The lowest BCUT2D eigenvalue weighted by Gasteiger charge is -2.22. The summed E-state index contributed by atoms with van der Waals surface area (Å²) in [4.78, 5) is 14.1. The fraction of sp³-hybridized carbons (Fsp3) is 0.476. The van der Waals surface area contributed by atoms with Gasteiger partial charge in [-0.25, -0.2) is 9.97 Å². The van der Waals surface area contributed by atoms with Crippen LogP contribution in [0, 0.1) is 0 Å². The number of nitrogens with one attached hydrogen (secondary N) is 2. The third kappa shape index (κ3) is 7.10. The zero-order valence-electron chi connectivity index (χ0n) is 18.0. The number of aromatic nitrogens is 2. The Bertz CT molecular complexity index is 879. The molecule has 176 valence electrons. The first-order valence-electron chi connectivity index (χ1n) is 10.2. The lowest BCUT2D eigenvalue weighted by Crippen LogP contribution is -2.40. The molecule has 11 heteroatoms. The Morgan fingerprint density at radius 3 is 2.66 bits per heavy atom. The monoisotopic (exact) mass is 564 g/mol. The number of likely N-dealkylation sites (tertiary alicyclic amines) is 1. The number of hydrogen-bond acceptors (Lipinski definition) is 5. The standard InChI is InChI=1S/C21H27F3N6O.HI/c1-3-25-20(28-12-11-27-19-26-10-8-18(29-19)21(22,23)24)30-13-9-16(14-30)15-4-6-17(31-2)7-5-15;/h4-8,10,16H,3,9,11-14H2,1-2H3,(H,25,28)(H,26,27,29);1H. The number of anilines is 1. The highest BCUT2D eigenvalue weighted by Crippen LogP contribution is 2.29. The van der Waals surface area contributed by atoms with Gasteiger partial charge in [-0.15, -0.1) is 24.0 Å². The molecule has 2 heterocycles. The minimum atomic E-state index is -4.49. The minimum Gasteiger partial charge on any atom is -0.497 e. The van der Waals surface area contributed by atoms with Crippen molar-refractivity contribution in [2.75, 3.05) is 45.2 Å². The van der Waals surface area contributed by atoms with Crippen LogP contribution >= 0.6 is 24.0 Å². The summed E-state index contributed by atoms with van der Waals surface area (Å²) in [6.07, 6.45) is -2.38. The zero-order chi connectivity index (χ0) is 22.3. The van der Waals surface area contributed by atoms with Gasteiger partial charge >= 0.3 is 6.18 Å². The van der Waals surface area contributed by atoms with E-state index in [-0.39, 0.29) is 29.9 Å². The molecule has 0 amide bonds. The molecule has 2 N–H and O–H groups in total. The van der Waals surface area contributed by atoms with E-state index in [1.165, 1.54) is 5.56 Å². The van der Waals surface area contributed by atoms with Gasteiger partial charge < -0.3 is 20.3 Å². The molecule has 0 spiro atoms. The number of benzene rings is 1. The molecule has 2 aromatic rings. The second kappa shape index (κ2) is 12.1. The zero-order valence-corrected chi connectivity index (χ0v) is 20.4. The molecular weight excluding hydrogens is 536 g/mol. The van der Waals surface area contributed by atoms with Gasteiger partial charge in [0.1, 0.15) is 11.4 Å². The van der Waals surface area contributed by atoms with E-state index in [2.05, 4.69) is 42.6 Å². The molecule has 1 saturated heterocycles. The number of hydrogen-bond donors (Lipinski definition) is 2. The Hall–Kier alpha value is -2.31. The molecule has 0 aliphatic carbocycles. The van der Waals surface area contributed by atoms with E-state index in [1.54, 1.807) is 7.11 Å². The molecule has 0 bridgehead atoms. The van der Waals surface area contributed by atoms with Crippen LogP contribution in [0.2, 0.25) is 0 Å². The molecular formula is C21H28F3IN6O. The van der Waals surface area contributed by atoms with Gasteiger partial charge in [0.2, 0.25) is 5.95 Å². The molecule has 1 aromatic heterocycles. The van der Waals surface area contributed by atoms with Crippen molar-refractivity contribution in [3.05, 3.63) is 47.8 Å². The van der Waals surface area contributed by atoms with Gasteiger partial charge in [-0.3, -0.25) is 4.99 Å². The van der Waals surface area contributed by atoms with E-state index in [0.717, 1.165) is 50.0 Å². The second-order valence-electron chi connectivity index (χ2n) is 7.13. The molecule has 1 aromatic carbocycles. The lowest BCUT2D eigenvalue weighted by atomic mass is 9.98. The summed E-state index contributed by atoms with van der Waals surface area (Å²) in [5.74, 6) is 1.98. The van der Waals surface area contributed by atoms with Crippen LogP contribution in [0.5, 0.6) is 5.75 Å². The molecule has 3 rings (SSSR count). The van der Waals surface area contributed by atoms with Crippen LogP contribution in [0.15, 0.2) is 41.5 Å². The summed E-state index contributed by atoms with van der Waals surface area (Å²) in [5, 5.41) is 6.09. The molecule has 1 aliphatic rings. The molecule has 1 aliphatic heterocycles.